The molecule has 0 atom stereocenters. The van der Waals surface area contributed by atoms with Crippen LogP contribution in [0.25, 0.3) is 0 Å². The maximum Gasteiger partial charge on any atom is 0.179 e. The van der Waals surface area contributed by atoms with E-state index < -0.39 is 0 Å². The monoisotopic (exact) mass is 317 g/mol. The van der Waals surface area contributed by atoms with Crippen LogP contribution < -0.4 is 9.47 Å². The van der Waals surface area contributed by atoms with Crippen LogP contribution in [0.3, 0.4) is 0 Å². The lowest BCUT2D eigenvalue weighted by molar-refractivity contribution is 0.311. The predicted molar refractivity (Wildman–Crippen MR) is 92.3 cm³/mol. The Labute approximate surface area is 136 Å². The summed E-state index contributed by atoms with van der Waals surface area (Å²) in [6, 6.07) is 9.76. The summed E-state index contributed by atoms with van der Waals surface area (Å²) in [7, 11) is 1.60. The lowest BCUT2D eigenvalue weighted by atomic mass is 10.1. The van der Waals surface area contributed by atoms with E-state index in [1.807, 2.05) is 31.2 Å². The molecule has 22 heavy (non-hydrogen) atoms. The van der Waals surface area contributed by atoms with Crippen LogP contribution in [0.2, 0.25) is 5.02 Å². The van der Waals surface area contributed by atoms with Gasteiger partial charge in [0.2, 0.25) is 0 Å². The van der Waals surface area contributed by atoms with Gasteiger partial charge in [0.15, 0.2) is 11.5 Å². The molecule has 0 amide bonds. The maximum absolute atomic E-state index is 6.26. The van der Waals surface area contributed by atoms with Gasteiger partial charge in [0.25, 0.3) is 0 Å². The van der Waals surface area contributed by atoms with Crippen LogP contribution in [-0.4, -0.2) is 19.9 Å². The summed E-state index contributed by atoms with van der Waals surface area (Å²) in [5.41, 5.74) is 4.20. The molecule has 0 aliphatic heterocycles. The quantitative estimate of drug-likeness (QED) is 0.717. The summed E-state index contributed by atoms with van der Waals surface area (Å²) in [5, 5.41) is 0.517. The number of benzene rings is 2. The first-order valence-electron chi connectivity index (χ1n) is 7.17. The van der Waals surface area contributed by atoms with E-state index in [0.29, 0.717) is 23.1 Å². The second-order valence-electron chi connectivity index (χ2n) is 4.94. The van der Waals surface area contributed by atoms with Crippen molar-refractivity contribution < 1.29 is 9.47 Å². The van der Waals surface area contributed by atoms with Gasteiger partial charge in [0.05, 0.1) is 24.4 Å². The molecule has 2 rings (SSSR count). The zero-order valence-corrected chi connectivity index (χ0v) is 14.1. The fourth-order valence-electron chi connectivity index (χ4n) is 2.12. The van der Waals surface area contributed by atoms with Gasteiger partial charge in [0, 0.05) is 6.21 Å². The molecule has 3 nitrogen and oxygen atoms in total. The summed E-state index contributed by atoms with van der Waals surface area (Å²) in [6.45, 7) is 6.58. The number of aryl methyl sites for hydroxylation is 1. The highest BCUT2D eigenvalue weighted by Crippen LogP contribution is 2.36. The molecule has 0 aromatic heterocycles. The minimum absolute atomic E-state index is 0.517. The van der Waals surface area contributed by atoms with E-state index in [1.54, 1.807) is 13.3 Å². The molecule has 0 aliphatic carbocycles. The average molecular weight is 318 g/mol. The van der Waals surface area contributed by atoms with Crippen molar-refractivity contribution in [3.63, 3.8) is 0 Å². The number of halogens is 1. The van der Waals surface area contributed by atoms with E-state index >= 15 is 0 Å². The third-order valence-electron chi connectivity index (χ3n) is 3.47. The molecular formula is C18H20ClNO2. The van der Waals surface area contributed by atoms with Crippen LogP contribution in [0.1, 0.15) is 23.6 Å². The van der Waals surface area contributed by atoms with E-state index in [1.165, 1.54) is 11.1 Å². The summed E-state index contributed by atoms with van der Waals surface area (Å²) in [6.07, 6.45) is 1.78. The molecule has 0 saturated heterocycles. The largest absolute Gasteiger partial charge is 0.493 e. The van der Waals surface area contributed by atoms with Gasteiger partial charge in [-0.15, -0.1) is 0 Å². The summed E-state index contributed by atoms with van der Waals surface area (Å²) < 4.78 is 10.9. The van der Waals surface area contributed by atoms with Gasteiger partial charge >= 0.3 is 0 Å². The van der Waals surface area contributed by atoms with Crippen LogP contribution >= 0.6 is 11.6 Å². The summed E-state index contributed by atoms with van der Waals surface area (Å²) in [4.78, 5) is 4.55. The Bertz CT molecular complexity index is 696. The van der Waals surface area contributed by atoms with Gasteiger partial charge in [-0.2, -0.15) is 0 Å². The smallest absolute Gasteiger partial charge is 0.179 e. The highest BCUT2D eigenvalue weighted by molar-refractivity contribution is 6.32. The number of hydrogen-bond acceptors (Lipinski definition) is 3. The zero-order valence-electron chi connectivity index (χ0n) is 13.3. The molecule has 0 fully saturated rings. The average Bonchev–Trinajstić information content (AvgIpc) is 2.51. The minimum atomic E-state index is 0.517. The number of hydrogen-bond donors (Lipinski definition) is 0. The Kier molecular flexibility index (Phi) is 5.45. The van der Waals surface area contributed by atoms with Crippen LogP contribution in [-0.2, 0) is 0 Å². The third kappa shape index (κ3) is 3.60. The summed E-state index contributed by atoms with van der Waals surface area (Å²) >= 11 is 6.26. The molecular weight excluding hydrogens is 298 g/mol. The number of nitrogens with zero attached hydrogens (tertiary/aromatic N) is 1. The lowest BCUT2D eigenvalue weighted by Crippen LogP contribution is -1.97. The standard InChI is InChI=1S/C18H20ClNO2/c1-5-22-18-15(19)9-14(10-17(18)21-4)11-20-16-8-6-7-12(2)13(16)3/h6-11H,5H2,1-4H3. The van der Waals surface area contributed by atoms with Gasteiger partial charge in [-0.05, 0) is 55.7 Å². The molecule has 0 N–H and O–H groups in total. The first-order valence-corrected chi connectivity index (χ1v) is 7.55. The predicted octanol–water partition coefficient (Wildman–Crippen LogP) is 5.11. The van der Waals surface area contributed by atoms with Crippen molar-refractivity contribution in [2.45, 2.75) is 20.8 Å². The van der Waals surface area contributed by atoms with Gasteiger partial charge in [-0.3, -0.25) is 4.99 Å². The number of rotatable bonds is 5. The molecule has 0 spiro atoms. The van der Waals surface area contributed by atoms with Crippen molar-refractivity contribution >= 4 is 23.5 Å². The lowest BCUT2D eigenvalue weighted by Gasteiger charge is -2.11. The van der Waals surface area contributed by atoms with E-state index in [9.17, 15) is 0 Å². The van der Waals surface area contributed by atoms with Crippen molar-refractivity contribution in [3.8, 4) is 11.5 Å². The minimum Gasteiger partial charge on any atom is -0.493 e. The van der Waals surface area contributed by atoms with Crippen molar-refractivity contribution in [2.24, 2.45) is 4.99 Å². The first kappa shape index (κ1) is 16.4. The molecule has 0 heterocycles. The molecule has 4 heteroatoms. The zero-order chi connectivity index (χ0) is 16.1. The van der Waals surface area contributed by atoms with Crippen molar-refractivity contribution in [1.29, 1.82) is 0 Å². The third-order valence-corrected chi connectivity index (χ3v) is 3.75. The molecule has 0 saturated carbocycles. The van der Waals surface area contributed by atoms with Crippen molar-refractivity contribution in [3.05, 3.63) is 52.0 Å². The van der Waals surface area contributed by atoms with E-state index in [2.05, 4.69) is 24.9 Å². The Balaban J connectivity index is 2.35. The molecule has 0 radical (unpaired) electrons. The van der Waals surface area contributed by atoms with Gasteiger partial charge in [-0.1, -0.05) is 23.7 Å². The Morgan fingerprint density at radius 2 is 2.00 bits per heavy atom. The molecule has 0 aliphatic rings. The topological polar surface area (TPSA) is 30.8 Å². The molecule has 2 aromatic rings. The van der Waals surface area contributed by atoms with Gasteiger partial charge < -0.3 is 9.47 Å². The van der Waals surface area contributed by atoms with E-state index in [4.69, 9.17) is 21.1 Å². The van der Waals surface area contributed by atoms with Crippen LogP contribution in [0.15, 0.2) is 35.3 Å². The van der Waals surface area contributed by atoms with Crippen LogP contribution in [0, 0.1) is 13.8 Å². The second-order valence-corrected chi connectivity index (χ2v) is 5.35. The van der Waals surface area contributed by atoms with Crippen LogP contribution in [0.5, 0.6) is 11.5 Å². The SMILES string of the molecule is CCOc1c(Cl)cc(C=Nc2cccc(C)c2C)cc1OC. The fourth-order valence-corrected chi connectivity index (χ4v) is 2.39. The second kappa shape index (κ2) is 7.32. The van der Waals surface area contributed by atoms with Crippen molar-refractivity contribution in [1.82, 2.24) is 0 Å². The molecule has 0 bridgehead atoms. The van der Waals surface area contributed by atoms with E-state index in [-0.39, 0.29) is 0 Å². The van der Waals surface area contributed by atoms with E-state index in [0.717, 1.165) is 11.3 Å². The maximum atomic E-state index is 6.26. The molecule has 0 unspecified atom stereocenters. The number of aliphatic imine (C=N–C) groups is 1. The Hall–Kier alpha value is -2.00. The fraction of sp³-hybridized carbons (Fsp3) is 0.278. The summed E-state index contributed by atoms with van der Waals surface area (Å²) in [5.74, 6) is 1.17. The Morgan fingerprint density at radius 3 is 2.68 bits per heavy atom. The molecule has 2 aromatic carbocycles. The van der Waals surface area contributed by atoms with Gasteiger partial charge in [0.1, 0.15) is 0 Å². The highest BCUT2D eigenvalue weighted by atomic mass is 35.5. The number of methoxy groups -OCH3 is 1. The van der Waals surface area contributed by atoms with Crippen LogP contribution in [0.4, 0.5) is 5.69 Å². The highest BCUT2D eigenvalue weighted by Gasteiger charge is 2.10. The molecule has 116 valence electrons. The first-order chi connectivity index (χ1) is 10.6. The Morgan fingerprint density at radius 1 is 1.23 bits per heavy atom. The van der Waals surface area contributed by atoms with Crippen molar-refractivity contribution in [2.75, 3.05) is 13.7 Å². The van der Waals surface area contributed by atoms with Gasteiger partial charge in [-0.25, -0.2) is 0 Å². The number of ether oxygens (including phenoxy) is 2. The normalized spacial score (nSPS) is 11.0.